The summed E-state index contributed by atoms with van der Waals surface area (Å²) in [6.07, 6.45) is 0. The molecule has 32 heavy (non-hydrogen) atoms. The first-order valence-electron chi connectivity index (χ1n) is 9.39. The molecule has 0 saturated carbocycles. The molecule has 3 aromatic carbocycles. The molecule has 1 amide bonds. The second-order valence-corrected chi connectivity index (χ2v) is 9.07. The molecule has 0 unspecified atom stereocenters. The Morgan fingerprint density at radius 2 is 1.81 bits per heavy atom. The van der Waals surface area contributed by atoms with Gasteiger partial charge in [-0.15, -0.1) is 0 Å². The zero-order chi connectivity index (χ0) is 22.9. The second-order valence-electron chi connectivity index (χ2n) is 6.76. The van der Waals surface area contributed by atoms with Crippen molar-refractivity contribution in [1.29, 1.82) is 0 Å². The standard InChI is InChI=1S/C22H18ClN3O5S/c1-26(30-2)32(28,29)20-13-15(9-12-17(20)23)21(27)24-16-10-7-14(8-11-16)22-25-18-5-3-4-6-19(18)31-22/h3-13H,1-2H3,(H,24,27). The zero-order valence-electron chi connectivity index (χ0n) is 17.1. The molecule has 10 heteroatoms. The van der Waals surface area contributed by atoms with Crippen LogP contribution in [-0.2, 0) is 14.9 Å². The molecule has 0 saturated heterocycles. The summed E-state index contributed by atoms with van der Waals surface area (Å²) < 4.78 is 31.5. The van der Waals surface area contributed by atoms with Gasteiger partial charge in [-0.3, -0.25) is 9.63 Å². The molecule has 0 fully saturated rings. The van der Waals surface area contributed by atoms with Crippen molar-refractivity contribution in [3.8, 4) is 11.5 Å². The summed E-state index contributed by atoms with van der Waals surface area (Å²) in [7, 11) is -1.57. The average Bonchev–Trinajstić information content (AvgIpc) is 3.23. The number of carbonyl (C=O) groups is 1. The minimum absolute atomic E-state index is 0.0202. The molecule has 0 spiro atoms. The number of benzene rings is 3. The van der Waals surface area contributed by atoms with Crippen LogP contribution in [-0.4, -0.2) is 37.9 Å². The number of fused-ring (bicyclic) bond motifs is 1. The van der Waals surface area contributed by atoms with E-state index >= 15 is 0 Å². The smallest absolute Gasteiger partial charge is 0.266 e. The van der Waals surface area contributed by atoms with E-state index in [-0.39, 0.29) is 15.5 Å². The number of rotatable bonds is 6. The number of halogens is 1. The second kappa shape index (κ2) is 8.71. The van der Waals surface area contributed by atoms with E-state index in [1.54, 1.807) is 24.3 Å². The molecule has 8 nitrogen and oxygen atoms in total. The fourth-order valence-corrected chi connectivity index (χ4v) is 4.45. The number of nitrogens with one attached hydrogen (secondary N) is 1. The van der Waals surface area contributed by atoms with Crippen molar-refractivity contribution in [2.24, 2.45) is 0 Å². The zero-order valence-corrected chi connectivity index (χ0v) is 18.6. The maximum absolute atomic E-state index is 12.7. The van der Waals surface area contributed by atoms with Gasteiger partial charge in [-0.05, 0) is 54.6 Å². The van der Waals surface area contributed by atoms with E-state index < -0.39 is 15.9 Å². The molecular weight excluding hydrogens is 454 g/mol. The van der Waals surface area contributed by atoms with Gasteiger partial charge in [-0.25, -0.2) is 13.4 Å². The minimum atomic E-state index is -4.01. The van der Waals surface area contributed by atoms with Gasteiger partial charge in [0.15, 0.2) is 5.58 Å². The van der Waals surface area contributed by atoms with E-state index in [1.807, 2.05) is 24.3 Å². The molecule has 0 radical (unpaired) electrons. The van der Waals surface area contributed by atoms with Crippen LogP contribution in [0.3, 0.4) is 0 Å². The summed E-state index contributed by atoms with van der Waals surface area (Å²) in [6, 6.07) is 18.4. The first-order valence-corrected chi connectivity index (χ1v) is 11.2. The average molecular weight is 472 g/mol. The van der Waals surface area contributed by atoms with Crippen molar-refractivity contribution in [3.63, 3.8) is 0 Å². The van der Waals surface area contributed by atoms with Crippen LogP contribution in [0.5, 0.6) is 0 Å². The number of amides is 1. The molecule has 0 aliphatic heterocycles. The summed E-state index contributed by atoms with van der Waals surface area (Å²) in [5, 5.41) is 2.71. The van der Waals surface area contributed by atoms with E-state index in [4.69, 9.17) is 20.9 Å². The van der Waals surface area contributed by atoms with Crippen molar-refractivity contribution in [2.75, 3.05) is 19.5 Å². The molecule has 1 heterocycles. The van der Waals surface area contributed by atoms with Gasteiger partial charge in [-0.2, -0.15) is 0 Å². The number of carbonyl (C=O) groups excluding carboxylic acids is 1. The van der Waals surface area contributed by atoms with Crippen LogP contribution in [0, 0.1) is 0 Å². The molecule has 4 aromatic rings. The van der Waals surface area contributed by atoms with E-state index in [1.165, 1.54) is 32.4 Å². The number of sulfonamides is 1. The highest BCUT2D eigenvalue weighted by Gasteiger charge is 2.25. The predicted molar refractivity (Wildman–Crippen MR) is 121 cm³/mol. The highest BCUT2D eigenvalue weighted by Crippen LogP contribution is 2.27. The normalized spacial score (nSPS) is 11.8. The van der Waals surface area contributed by atoms with Crippen LogP contribution in [0.15, 0.2) is 76.0 Å². The third kappa shape index (κ3) is 4.23. The van der Waals surface area contributed by atoms with Crippen LogP contribution >= 0.6 is 11.6 Å². The Labute approximate surface area is 189 Å². The highest BCUT2D eigenvalue weighted by atomic mass is 35.5. The van der Waals surface area contributed by atoms with Gasteiger partial charge in [-0.1, -0.05) is 28.2 Å². The Kier molecular flexibility index (Phi) is 5.98. The van der Waals surface area contributed by atoms with Gasteiger partial charge in [0, 0.05) is 23.9 Å². The summed E-state index contributed by atoms with van der Waals surface area (Å²) in [6.45, 7) is 0. The molecule has 164 valence electrons. The molecule has 1 aromatic heterocycles. The van der Waals surface area contributed by atoms with E-state index in [2.05, 4.69) is 10.3 Å². The van der Waals surface area contributed by atoms with Gasteiger partial charge in [0.25, 0.3) is 15.9 Å². The number of hydrogen-bond acceptors (Lipinski definition) is 6. The molecule has 4 rings (SSSR count). The lowest BCUT2D eigenvalue weighted by Crippen LogP contribution is -2.26. The lowest BCUT2D eigenvalue weighted by atomic mass is 10.2. The largest absolute Gasteiger partial charge is 0.436 e. The highest BCUT2D eigenvalue weighted by molar-refractivity contribution is 7.89. The Balaban J connectivity index is 1.55. The minimum Gasteiger partial charge on any atom is -0.436 e. The molecule has 1 N–H and O–H groups in total. The molecular formula is C22H18ClN3O5S. The van der Waals surface area contributed by atoms with Crippen molar-refractivity contribution in [1.82, 2.24) is 9.45 Å². The summed E-state index contributed by atoms with van der Waals surface area (Å²) in [5.41, 5.74) is 2.84. The molecule has 0 aliphatic carbocycles. The van der Waals surface area contributed by atoms with Gasteiger partial charge in [0.1, 0.15) is 10.4 Å². The number of aromatic nitrogens is 1. The van der Waals surface area contributed by atoms with E-state index in [0.717, 1.165) is 11.1 Å². The fourth-order valence-electron chi connectivity index (χ4n) is 2.97. The Hall–Kier alpha value is -3.24. The Morgan fingerprint density at radius 1 is 1.09 bits per heavy atom. The summed E-state index contributed by atoms with van der Waals surface area (Å²) in [5.74, 6) is -0.0216. The van der Waals surface area contributed by atoms with Crippen molar-refractivity contribution >= 4 is 44.3 Å². The molecule has 0 aliphatic rings. The third-order valence-corrected chi connectivity index (χ3v) is 6.91. The lowest BCUT2D eigenvalue weighted by molar-refractivity contribution is -0.0258. The van der Waals surface area contributed by atoms with Crippen molar-refractivity contribution in [2.45, 2.75) is 4.90 Å². The van der Waals surface area contributed by atoms with Gasteiger partial charge >= 0.3 is 0 Å². The Morgan fingerprint density at radius 3 is 2.50 bits per heavy atom. The predicted octanol–water partition coefficient (Wildman–Crippen LogP) is 4.58. The fraction of sp³-hybridized carbons (Fsp3) is 0.0909. The van der Waals surface area contributed by atoms with E-state index in [0.29, 0.717) is 21.6 Å². The number of para-hydroxylation sites is 2. The van der Waals surface area contributed by atoms with Crippen LogP contribution in [0.1, 0.15) is 10.4 Å². The molecule has 0 atom stereocenters. The third-order valence-electron chi connectivity index (χ3n) is 4.75. The topological polar surface area (TPSA) is 102 Å². The number of nitrogens with zero attached hydrogens (tertiary/aromatic N) is 2. The monoisotopic (exact) mass is 471 g/mol. The first-order chi connectivity index (χ1) is 15.3. The molecule has 0 bridgehead atoms. The number of hydroxylamine groups is 1. The number of oxazole rings is 1. The van der Waals surface area contributed by atoms with E-state index in [9.17, 15) is 13.2 Å². The van der Waals surface area contributed by atoms with Gasteiger partial charge in [0.2, 0.25) is 5.89 Å². The quantitative estimate of drug-likeness (QED) is 0.413. The van der Waals surface area contributed by atoms with Gasteiger partial charge < -0.3 is 9.73 Å². The maximum Gasteiger partial charge on any atom is 0.266 e. The van der Waals surface area contributed by atoms with Crippen molar-refractivity contribution in [3.05, 3.63) is 77.3 Å². The van der Waals surface area contributed by atoms with Crippen LogP contribution in [0.2, 0.25) is 5.02 Å². The number of hydrogen-bond donors (Lipinski definition) is 1. The SMILES string of the molecule is CON(C)S(=O)(=O)c1cc(C(=O)Nc2ccc(-c3nc4ccccc4o3)cc2)ccc1Cl. The van der Waals surface area contributed by atoms with Crippen LogP contribution < -0.4 is 5.32 Å². The Bertz CT molecular complexity index is 1370. The van der Waals surface area contributed by atoms with Crippen LogP contribution in [0.25, 0.3) is 22.6 Å². The number of anilines is 1. The summed E-state index contributed by atoms with van der Waals surface area (Å²) in [4.78, 5) is 21.7. The first kappa shape index (κ1) is 22.0. The van der Waals surface area contributed by atoms with Gasteiger partial charge in [0.05, 0.1) is 12.1 Å². The van der Waals surface area contributed by atoms with Crippen LogP contribution in [0.4, 0.5) is 5.69 Å². The lowest BCUT2D eigenvalue weighted by Gasteiger charge is -2.16. The maximum atomic E-state index is 12.7. The summed E-state index contributed by atoms with van der Waals surface area (Å²) >= 11 is 6.04. The van der Waals surface area contributed by atoms with Crippen molar-refractivity contribution < 1.29 is 22.5 Å².